The predicted octanol–water partition coefficient (Wildman–Crippen LogP) is 2.88. The largest absolute Gasteiger partial charge is 0.475 e. The quantitative estimate of drug-likeness (QED) is 0.743. The Balaban J connectivity index is 2.58. The Morgan fingerprint density at radius 3 is 3.15 bits per heavy atom. The van der Waals surface area contributed by atoms with E-state index in [4.69, 9.17) is 20.9 Å². The summed E-state index contributed by atoms with van der Waals surface area (Å²) in [6.45, 7) is 2.46. The second-order valence-corrected chi connectivity index (χ2v) is 3.00. The lowest BCUT2D eigenvalue weighted by atomic mass is 10.3. The van der Waals surface area contributed by atoms with Crippen molar-refractivity contribution in [3.63, 3.8) is 0 Å². The molecule has 2 rings (SSSR count). The first-order chi connectivity index (χ1) is 6.31. The number of ether oxygens (including phenoxy) is 1. The lowest BCUT2D eigenvalue weighted by Crippen LogP contribution is -1.90. The molecule has 0 aliphatic rings. The zero-order valence-corrected chi connectivity index (χ0v) is 7.84. The summed E-state index contributed by atoms with van der Waals surface area (Å²) < 4.78 is 10.3. The Hall–Kier alpha value is -1.22. The molecule has 0 atom stereocenters. The molecule has 0 saturated heterocycles. The maximum Gasteiger partial charge on any atom is 0.262 e. The van der Waals surface area contributed by atoms with Crippen LogP contribution in [-0.2, 0) is 0 Å². The zero-order chi connectivity index (χ0) is 9.26. The van der Waals surface area contributed by atoms with E-state index in [9.17, 15) is 0 Å². The maximum absolute atomic E-state index is 5.82. The van der Waals surface area contributed by atoms with Crippen molar-refractivity contribution in [2.24, 2.45) is 0 Å². The maximum atomic E-state index is 5.82. The van der Waals surface area contributed by atoms with Gasteiger partial charge in [0.2, 0.25) is 0 Å². The van der Waals surface area contributed by atoms with Crippen LogP contribution < -0.4 is 4.74 Å². The van der Waals surface area contributed by atoms with Crippen molar-refractivity contribution in [2.45, 2.75) is 6.92 Å². The fourth-order valence-corrected chi connectivity index (χ4v) is 1.30. The lowest BCUT2D eigenvalue weighted by Gasteiger charge is -1.95. The molecule has 0 unspecified atom stereocenters. The second kappa shape index (κ2) is 3.26. The van der Waals surface area contributed by atoms with Crippen LogP contribution in [0.25, 0.3) is 11.0 Å². The van der Waals surface area contributed by atoms with Crippen molar-refractivity contribution in [2.75, 3.05) is 6.61 Å². The Kier molecular flexibility index (Phi) is 2.10. The zero-order valence-electron chi connectivity index (χ0n) is 7.08. The summed E-state index contributed by atoms with van der Waals surface area (Å²) >= 11 is 5.82. The lowest BCUT2D eigenvalue weighted by molar-refractivity contribution is 0.301. The normalized spacial score (nSPS) is 10.6. The highest BCUT2D eigenvalue weighted by Gasteiger charge is 2.08. The van der Waals surface area contributed by atoms with Crippen LogP contribution >= 0.6 is 11.6 Å². The van der Waals surface area contributed by atoms with E-state index in [1.165, 1.54) is 0 Å². The molecule has 0 fully saturated rings. The SMILES string of the molecule is CCOc1noc2ccc(Cl)cc12. The third kappa shape index (κ3) is 1.47. The van der Waals surface area contributed by atoms with Gasteiger partial charge in [0.15, 0.2) is 5.58 Å². The van der Waals surface area contributed by atoms with Gasteiger partial charge in [0.05, 0.1) is 12.0 Å². The van der Waals surface area contributed by atoms with Crippen molar-refractivity contribution < 1.29 is 9.26 Å². The van der Waals surface area contributed by atoms with E-state index in [1.54, 1.807) is 18.2 Å². The fourth-order valence-electron chi connectivity index (χ4n) is 1.13. The highest BCUT2D eigenvalue weighted by atomic mass is 35.5. The molecular weight excluding hydrogens is 190 g/mol. The number of benzene rings is 1. The molecule has 13 heavy (non-hydrogen) atoms. The topological polar surface area (TPSA) is 35.3 Å². The molecule has 1 aromatic heterocycles. The van der Waals surface area contributed by atoms with E-state index in [0.29, 0.717) is 23.1 Å². The molecule has 0 aliphatic heterocycles. The number of rotatable bonds is 2. The average molecular weight is 198 g/mol. The Morgan fingerprint density at radius 1 is 1.54 bits per heavy atom. The minimum atomic E-state index is 0.500. The highest BCUT2D eigenvalue weighted by Crippen LogP contribution is 2.27. The van der Waals surface area contributed by atoms with Crippen molar-refractivity contribution in [3.8, 4) is 5.88 Å². The summed E-state index contributed by atoms with van der Waals surface area (Å²) in [5.74, 6) is 0.500. The van der Waals surface area contributed by atoms with E-state index in [0.717, 1.165) is 5.39 Å². The Bertz CT molecular complexity index is 424. The molecule has 0 aliphatic carbocycles. The third-order valence-electron chi connectivity index (χ3n) is 1.68. The summed E-state index contributed by atoms with van der Waals surface area (Å²) in [5.41, 5.74) is 0.688. The van der Waals surface area contributed by atoms with Gasteiger partial charge in [0, 0.05) is 5.02 Å². The first-order valence-corrected chi connectivity index (χ1v) is 4.37. The molecule has 3 nitrogen and oxygen atoms in total. The standard InChI is InChI=1S/C9H8ClNO2/c1-2-12-9-7-5-6(10)3-4-8(7)13-11-9/h3-5H,2H2,1H3. The first kappa shape index (κ1) is 8.38. The van der Waals surface area contributed by atoms with E-state index < -0.39 is 0 Å². The van der Waals surface area contributed by atoms with Crippen LogP contribution in [0, 0.1) is 0 Å². The molecule has 0 bridgehead atoms. The van der Waals surface area contributed by atoms with Crippen molar-refractivity contribution in [3.05, 3.63) is 23.2 Å². The second-order valence-electron chi connectivity index (χ2n) is 2.56. The van der Waals surface area contributed by atoms with E-state index in [1.807, 2.05) is 6.92 Å². The summed E-state index contributed by atoms with van der Waals surface area (Å²) in [7, 11) is 0. The highest BCUT2D eigenvalue weighted by molar-refractivity contribution is 6.31. The summed E-state index contributed by atoms with van der Waals surface area (Å²) in [4.78, 5) is 0. The van der Waals surface area contributed by atoms with Gasteiger partial charge in [-0.2, -0.15) is 0 Å². The minimum Gasteiger partial charge on any atom is -0.475 e. The Labute approximate surface area is 80.2 Å². The molecular formula is C9H8ClNO2. The van der Waals surface area contributed by atoms with E-state index >= 15 is 0 Å². The van der Waals surface area contributed by atoms with Gasteiger partial charge in [-0.15, -0.1) is 0 Å². The van der Waals surface area contributed by atoms with Crippen LogP contribution in [0.4, 0.5) is 0 Å². The van der Waals surface area contributed by atoms with Gasteiger partial charge in [-0.25, -0.2) is 0 Å². The average Bonchev–Trinajstić information content (AvgIpc) is 2.49. The van der Waals surface area contributed by atoms with Crippen molar-refractivity contribution in [1.82, 2.24) is 5.16 Å². The number of fused-ring (bicyclic) bond motifs is 1. The van der Waals surface area contributed by atoms with Gasteiger partial charge in [0.1, 0.15) is 0 Å². The summed E-state index contributed by atoms with van der Waals surface area (Å²) in [6, 6.07) is 5.30. The van der Waals surface area contributed by atoms with Crippen LogP contribution in [0.15, 0.2) is 22.7 Å². The van der Waals surface area contributed by atoms with Crippen molar-refractivity contribution in [1.29, 1.82) is 0 Å². The molecule has 0 N–H and O–H groups in total. The van der Waals surface area contributed by atoms with Gasteiger partial charge >= 0.3 is 0 Å². The molecule has 68 valence electrons. The van der Waals surface area contributed by atoms with Crippen LogP contribution in [0.5, 0.6) is 5.88 Å². The number of hydrogen-bond acceptors (Lipinski definition) is 3. The van der Waals surface area contributed by atoms with Gasteiger partial charge in [-0.05, 0) is 30.3 Å². The van der Waals surface area contributed by atoms with E-state index in [2.05, 4.69) is 5.16 Å². The van der Waals surface area contributed by atoms with Gasteiger partial charge in [-0.3, -0.25) is 0 Å². The van der Waals surface area contributed by atoms with Gasteiger partial charge in [-0.1, -0.05) is 11.6 Å². The molecule has 1 heterocycles. The first-order valence-electron chi connectivity index (χ1n) is 3.99. The number of halogens is 1. The van der Waals surface area contributed by atoms with Crippen LogP contribution in [-0.4, -0.2) is 11.8 Å². The summed E-state index contributed by atoms with van der Waals surface area (Å²) in [6.07, 6.45) is 0. The molecule has 0 saturated carbocycles. The monoisotopic (exact) mass is 197 g/mol. The molecule has 0 spiro atoms. The number of nitrogens with zero attached hydrogens (tertiary/aromatic N) is 1. The van der Waals surface area contributed by atoms with Crippen LogP contribution in [0.2, 0.25) is 5.02 Å². The third-order valence-corrected chi connectivity index (χ3v) is 1.92. The molecule has 2 aromatic rings. The van der Waals surface area contributed by atoms with Gasteiger partial charge < -0.3 is 9.26 Å². The molecule has 4 heteroatoms. The molecule has 0 amide bonds. The van der Waals surface area contributed by atoms with E-state index in [-0.39, 0.29) is 0 Å². The Morgan fingerprint density at radius 2 is 2.38 bits per heavy atom. The molecule has 0 radical (unpaired) electrons. The molecule has 1 aromatic carbocycles. The predicted molar refractivity (Wildman–Crippen MR) is 50.2 cm³/mol. The minimum absolute atomic E-state index is 0.500. The number of aromatic nitrogens is 1. The van der Waals surface area contributed by atoms with Crippen LogP contribution in [0.3, 0.4) is 0 Å². The fraction of sp³-hybridized carbons (Fsp3) is 0.222. The smallest absolute Gasteiger partial charge is 0.262 e. The van der Waals surface area contributed by atoms with Gasteiger partial charge in [0.25, 0.3) is 5.88 Å². The van der Waals surface area contributed by atoms with Crippen LogP contribution in [0.1, 0.15) is 6.92 Å². The summed E-state index contributed by atoms with van der Waals surface area (Å²) in [5, 5.41) is 5.23. The number of hydrogen-bond donors (Lipinski definition) is 0. The van der Waals surface area contributed by atoms with Crippen molar-refractivity contribution >= 4 is 22.6 Å².